The molecule has 0 saturated carbocycles. The number of hydrogen-bond acceptors (Lipinski definition) is 6. The molecule has 3 aromatic rings. The normalized spacial score (nSPS) is 22.6. The number of nitrogens with one attached hydrogen (secondary N) is 1. The van der Waals surface area contributed by atoms with Gasteiger partial charge in [0.15, 0.2) is 17.0 Å². The average Bonchev–Trinajstić information content (AvgIpc) is 3.33. The molecule has 1 amide bonds. The monoisotopic (exact) mass is 525 g/mol. The van der Waals surface area contributed by atoms with E-state index in [-0.39, 0.29) is 34.7 Å². The van der Waals surface area contributed by atoms with Crippen LogP contribution in [0.5, 0.6) is 11.5 Å². The number of para-hydroxylation sites is 1. The second kappa shape index (κ2) is 9.64. The van der Waals surface area contributed by atoms with Crippen molar-refractivity contribution in [3.8, 4) is 11.5 Å². The Morgan fingerprint density at radius 3 is 2.70 bits per heavy atom. The Morgan fingerprint density at radius 2 is 1.97 bits per heavy atom. The number of nitro groups is 1. The van der Waals surface area contributed by atoms with Crippen molar-refractivity contribution in [2.24, 2.45) is 0 Å². The minimum absolute atomic E-state index is 0.0562. The van der Waals surface area contributed by atoms with E-state index in [1.54, 1.807) is 67.4 Å². The van der Waals surface area contributed by atoms with Gasteiger partial charge < -0.3 is 14.8 Å². The van der Waals surface area contributed by atoms with Gasteiger partial charge in [-0.1, -0.05) is 41.9 Å². The second-order valence-electron chi connectivity index (χ2n) is 9.16. The van der Waals surface area contributed by atoms with Gasteiger partial charge in [0.05, 0.1) is 17.5 Å². The van der Waals surface area contributed by atoms with Crippen molar-refractivity contribution >= 4 is 23.2 Å². The zero-order chi connectivity index (χ0) is 26.3. The summed E-state index contributed by atoms with van der Waals surface area (Å²) in [5.74, 6) is -0.879. The molecule has 1 N–H and O–H groups in total. The zero-order valence-corrected chi connectivity index (χ0v) is 21.0. The first-order chi connectivity index (χ1) is 17.8. The maximum Gasteiger partial charge on any atom is 0.256 e. The van der Waals surface area contributed by atoms with Gasteiger partial charge in [0.1, 0.15) is 12.4 Å². The molecule has 10 heteroatoms. The van der Waals surface area contributed by atoms with Crippen molar-refractivity contribution in [3.63, 3.8) is 0 Å². The standard InChI is InChI=1S/C27H25ClFN3O5/c1-3-36-23-13-17(12-21(28)24(23)37-15-16-7-6-8-18(29)11-16)19-14-31(2)27(25(19)32(34)35)20-9-4-5-10-22(20)30-26(27)33/h4-13,19,25H,3,14-15H2,1-2H3,(H,30,33)/t19-,25-,27+/m0/s1. The number of rotatable bonds is 7. The SMILES string of the molecule is CCOc1cc([C@@H]2CN(C)[C@@]3(C(=O)Nc4ccccc43)[C@H]2[N+](=O)[O-])cc(Cl)c1OCc1cccc(F)c1. The van der Waals surface area contributed by atoms with E-state index in [1.165, 1.54) is 12.1 Å². The summed E-state index contributed by atoms with van der Waals surface area (Å²) in [5, 5.41) is 15.6. The first kappa shape index (κ1) is 25.0. The lowest BCUT2D eigenvalue weighted by atomic mass is 9.79. The summed E-state index contributed by atoms with van der Waals surface area (Å²) < 4.78 is 25.3. The Bertz CT molecular complexity index is 1390. The van der Waals surface area contributed by atoms with Crippen LogP contribution in [0.1, 0.15) is 29.5 Å². The van der Waals surface area contributed by atoms with Crippen LogP contribution in [0.15, 0.2) is 60.7 Å². The van der Waals surface area contributed by atoms with Gasteiger partial charge in [-0.2, -0.15) is 0 Å². The number of carbonyl (C=O) groups is 1. The number of ether oxygens (including phenoxy) is 2. The molecule has 0 aromatic heterocycles. The maximum absolute atomic E-state index is 13.6. The first-order valence-electron chi connectivity index (χ1n) is 11.9. The van der Waals surface area contributed by atoms with Gasteiger partial charge >= 0.3 is 0 Å². The molecule has 8 nitrogen and oxygen atoms in total. The molecule has 0 radical (unpaired) electrons. The lowest BCUT2D eigenvalue weighted by Gasteiger charge is -2.30. The fourth-order valence-corrected chi connectivity index (χ4v) is 5.84. The highest BCUT2D eigenvalue weighted by Crippen LogP contribution is 2.53. The number of carbonyl (C=O) groups excluding carboxylic acids is 1. The Kier molecular flexibility index (Phi) is 6.51. The third-order valence-corrected chi connectivity index (χ3v) is 7.35. The molecule has 1 saturated heterocycles. The third-order valence-electron chi connectivity index (χ3n) is 7.07. The molecule has 0 bridgehead atoms. The summed E-state index contributed by atoms with van der Waals surface area (Å²) in [6, 6.07) is 15.1. The Balaban J connectivity index is 1.54. The highest BCUT2D eigenvalue weighted by Gasteiger charge is 2.68. The predicted octanol–water partition coefficient (Wildman–Crippen LogP) is 4.98. The van der Waals surface area contributed by atoms with E-state index < -0.39 is 23.4 Å². The number of likely N-dealkylation sites (N-methyl/N-ethyl adjacent to an activating group) is 1. The van der Waals surface area contributed by atoms with Gasteiger partial charge in [0.25, 0.3) is 11.9 Å². The highest BCUT2D eigenvalue weighted by molar-refractivity contribution is 6.32. The molecule has 3 atom stereocenters. The van der Waals surface area contributed by atoms with Gasteiger partial charge in [0, 0.05) is 22.7 Å². The topological polar surface area (TPSA) is 93.9 Å². The number of likely N-dealkylation sites (tertiary alicyclic amines) is 1. The quantitative estimate of drug-likeness (QED) is 0.345. The van der Waals surface area contributed by atoms with Gasteiger partial charge in [-0.3, -0.25) is 19.8 Å². The van der Waals surface area contributed by atoms with E-state index in [1.807, 2.05) is 0 Å². The van der Waals surface area contributed by atoms with Crippen molar-refractivity contribution in [3.05, 3.63) is 98.3 Å². The lowest BCUT2D eigenvalue weighted by Crippen LogP contribution is -2.54. The number of nitrogens with zero attached hydrogens (tertiary/aromatic N) is 2. The second-order valence-corrected chi connectivity index (χ2v) is 9.57. The largest absolute Gasteiger partial charge is 0.490 e. The summed E-state index contributed by atoms with van der Waals surface area (Å²) >= 11 is 6.63. The average molecular weight is 526 g/mol. The molecule has 37 heavy (non-hydrogen) atoms. The molecule has 1 fully saturated rings. The fourth-order valence-electron chi connectivity index (χ4n) is 5.57. The van der Waals surface area contributed by atoms with Gasteiger partial charge in [-0.25, -0.2) is 4.39 Å². The Morgan fingerprint density at radius 1 is 1.19 bits per heavy atom. The Hall–Kier alpha value is -3.69. The zero-order valence-electron chi connectivity index (χ0n) is 20.2. The molecule has 2 aliphatic rings. The van der Waals surface area contributed by atoms with Crippen LogP contribution >= 0.6 is 11.6 Å². The van der Waals surface area contributed by atoms with Crippen LogP contribution in [0, 0.1) is 15.9 Å². The predicted molar refractivity (Wildman–Crippen MR) is 136 cm³/mol. The lowest BCUT2D eigenvalue weighted by molar-refractivity contribution is -0.534. The van der Waals surface area contributed by atoms with Crippen LogP contribution in [-0.4, -0.2) is 42.0 Å². The van der Waals surface area contributed by atoms with Crippen LogP contribution in [0.3, 0.4) is 0 Å². The van der Waals surface area contributed by atoms with Crippen LogP contribution in [-0.2, 0) is 16.9 Å². The molecular formula is C27H25ClFN3O5. The molecule has 2 heterocycles. The van der Waals surface area contributed by atoms with E-state index in [4.69, 9.17) is 21.1 Å². The van der Waals surface area contributed by atoms with Crippen LogP contribution < -0.4 is 14.8 Å². The number of halogens is 2. The number of hydrogen-bond donors (Lipinski definition) is 1. The van der Waals surface area contributed by atoms with E-state index in [2.05, 4.69) is 5.32 Å². The maximum atomic E-state index is 13.6. The molecule has 0 unspecified atom stereocenters. The molecule has 2 aliphatic heterocycles. The molecule has 5 rings (SSSR count). The summed E-state index contributed by atoms with van der Waals surface area (Å²) in [4.78, 5) is 27.3. The highest BCUT2D eigenvalue weighted by atomic mass is 35.5. The van der Waals surface area contributed by atoms with Crippen molar-refractivity contribution < 1.29 is 23.6 Å². The van der Waals surface area contributed by atoms with Crippen molar-refractivity contribution in [2.45, 2.75) is 31.0 Å². The van der Waals surface area contributed by atoms with Crippen molar-refractivity contribution in [2.75, 3.05) is 25.5 Å². The first-order valence-corrected chi connectivity index (χ1v) is 12.2. The van der Waals surface area contributed by atoms with E-state index in [0.29, 0.717) is 34.7 Å². The summed E-state index contributed by atoms with van der Waals surface area (Å²) in [5.41, 5.74) is 0.865. The molecule has 1 spiro atoms. The van der Waals surface area contributed by atoms with E-state index in [9.17, 15) is 19.3 Å². The van der Waals surface area contributed by atoms with Gasteiger partial charge in [-0.15, -0.1) is 0 Å². The Labute approximate surface area is 218 Å². The third kappa shape index (κ3) is 4.08. The van der Waals surface area contributed by atoms with Crippen LogP contribution in [0.2, 0.25) is 5.02 Å². The molecular weight excluding hydrogens is 501 g/mol. The van der Waals surface area contributed by atoms with E-state index in [0.717, 1.165) is 0 Å². The minimum Gasteiger partial charge on any atom is -0.490 e. The molecule has 192 valence electrons. The minimum atomic E-state index is -1.46. The number of benzene rings is 3. The van der Waals surface area contributed by atoms with Crippen LogP contribution in [0.25, 0.3) is 0 Å². The molecule has 3 aromatic carbocycles. The van der Waals surface area contributed by atoms with Crippen LogP contribution in [0.4, 0.5) is 10.1 Å². The van der Waals surface area contributed by atoms with Gasteiger partial charge in [0.2, 0.25) is 0 Å². The van der Waals surface area contributed by atoms with Crippen molar-refractivity contribution in [1.29, 1.82) is 0 Å². The summed E-state index contributed by atoms with van der Waals surface area (Å²) in [6.07, 6.45) is 0. The number of amides is 1. The van der Waals surface area contributed by atoms with Gasteiger partial charge in [-0.05, 0) is 55.4 Å². The summed E-state index contributed by atoms with van der Waals surface area (Å²) in [7, 11) is 1.72. The number of fused-ring (bicyclic) bond motifs is 2. The summed E-state index contributed by atoms with van der Waals surface area (Å²) in [6.45, 7) is 2.41. The van der Waals surface area contributed by atoms with E-state index >= 15 is 0 Å². The number of anilines is 1. The van der Waals surface area contributed by atoms with Crippen molar-refractivity contribution in [1.82, 2.24) is 4.90 Å². The smallest absolute Gasteiger partial charge is 0.256 e. The fraction of sp³-hybridized carbons (Fsp3) is 0.296. The molecule has 0 aliphatic carbocycles.